The first-order chi connectivity index (χ1) is 22.2. The number of rotatable bonds is 9. The Bertz CT molecular complexity index is 2230. The lowest BCUT2D eigenvalue weighted by Crippen LogP contribution is -2.20. The van der Waals surface area contributed by atoms with Gasteiger partial charge in [-0.1, -0.05) is 41.4 Å². The van der Waals surface area contributed by atoms with Crippen LogP contribution in [0, 0.1) is 10.1 Å². The first-order valence-electron chi connectivity index (χ1n) is 13.5. The summed E-state index contributed by atoms with van der Waals surface area (Å²) in [6.07, 6.45) is 1.22. The van der Waals surface area contributed by atoms with Gasteiger partial charge in [0.1, 0.15) is 11.3 Å². The van der Waals surface area contributed by atoms with E-state index in [9.17, 15) is 19.7 Å². The number of nitrogens with zero attached hydrogens (tertiary/aromatic N) is 4. The molecule has 230 valence electrons. The lowest BCUT2D eigenvalue weighted by atomic mass is 10.2. The number of anilines is 1. The lowest BCUT2D eigenvalue weighted by Gasteiger charge is -2.10. The van der Waals surface area contributed by atoms with Crippen molar-refractivity contribution in [3.8, 4) is 23.1 Å². The van der Waals surface area contributed by atoms with Gasteiger partial charge in [-0.05, 0) is 60.7 Å². The van der Waals surface area contributed by atoms with E-state index in [2.05, 4.69) is 15.4 Å². The van der Waals surface area contributed by atoms with E-state index < -0.39 is 28.7 Å². The maximum Gasteiger partial charge on any atom is 0.313 e. The van der Waals surface area contributed by atoms with Crippen LogP contribution in [0.15, 0.2) is 99.2 Å². The molecule has 14 heteroatoms. The van der Waals surface area contributed by atoms with Gasteiger partial charge in [0.2, 0.25) is 11.6 Å². The normalized spacial score (nSPS) is 11.3. The van der Waals surface area contributed by atoms with Gasteiger partial charge in [0.15, 0.2) is 12.4 Å². The molecular weight excluding hydrogens is 637 g/mol. The molecule has 0 fully saturated rings. The summed E-state index contributed by atoms with van der Waals surface area (Å²) in [5, 5.41) is 20.2. The molecule has 0 saturated heterocycles. The monoisotopic (exact) mass is 657 g/mol. The van der Waals surface area contributed by atoms with Gasteiger partial charge in [-0.15, -0.1) is 0 Å². The summed E-state index contributed by atoms with van der Waals surface area (Å²) in [6, 6.07) is 22.6. The number of hydrogen-bond acceptors (Lipinski definition) is 9. The predicted molar refractivity (Wildman–Crippen MR) is 174 cm³/mol. The number of halogens is 2. The Morgan fingerprint density at radius 3 is 2.61 bits per heavy atom. The number of nitrogens with one attached hydrogen (secondary N) is 1. The van der Waals surface area contributed by atoms with Crippen molar-refractivity contribution < 1.29 is 23.6 Å². The zero-order valence-corrected chi connectivity index (χ0v) is 25.3. The zero-order chi connectivity index (χ0) is 32.4. The van der Waals surface area contributed by atoms with Gasteiger partial charge in [0.05, 0.1) is 39.6 Å². The maximum absolute atomic E-state index is 13.6. The molecule has 0 aliphatic carbocycles. The van der Waals surface area contributed by atoms with Crippen molar-refractivity contribution in [2.75, 3.05) is 19.0 Å². The number of nitro benzene ring substituents is 1. The molecule has 1 amide bonds. The number of aromatic nitrogens is 2. The van der Waals surface area contributed by atoms with E-state index in [1.807, 2.05) is 0 Å². The maximum atomic E-state index is 13.6. The first kappa shape index (κ1) is 30.3. The molecular formula is C32H21Cl2N5O7. The molecule has 0 bridgehead atoms. The third kappa shape index (κ3) is 6.11. The molecule has 6 aromatic rings. The van der Waals surface area contributed by atoms with Gasteiger partial charge in [0, 0.05) is 22.3 Å². The fraction of sp³-hybridized carbons (Fsp3) is 0.0625. The van der Waals surface area contributed by atoms with E-state index in [1.54, 1.807) is 72.8 Å². The standard InChI is InChI=1S/C32H21Cl2N5O7/c1-44-26-7-4-8-27-22(26)15-28(46-27)31-37-24-6-3-2-5-21(24)32(41)38(31)35-16-18-13-23(34)30(25(14-18)39(42)43)45-17-29(40)36-20-11-9-19(33)10-12-20/h2-16H,17H2,1H3,(H,36,40). The largest absolute Gasteiger partial charge is 0.496 e. The third-order valence-corrected chi connectivity index (χ3v) is 7.29. The van der Waals surface area contributed by atoms with Crippen molar-refractivity contribution in [1.29, 1.82) is 0 Å². The molecule has 0 unspecified atom stereocenters. The van der Waals surface area contributed by atoms with E-state index in [0.717, 1.165) is 10.7 Å². The van der Waals surface area contributed by atoms with E-state index in [4.69, 9.17) is 37.1 Å². The summed E-state index contributed by atoms with van der Waals surface area (Å²) in [7, 11) is 1.53. The van der Waals surface area contributed by atoms with Gasteiger partial charge >= 0.3 is 5.69 Å². The molecule has 6 rings (SSSR count). The number of hydrogen-bond donors (Lipinski definition) is 1. The van der Waals surface area contributed by atoms with Crippen LogP contribution < -0.4 is 20.3 Å². The molecule has 12 nitrogen and oxygen atoms in total. The van der Waals surface area contributed by atoms with Gasteiger partial charge in [-0.2, -0.15) is 9.78 Å². The summed E-state index contributed by atoms with van der Waals surface area (Å²) in [5.41, 5.74) is 0.545. The number of carbonyl (C=O) groups is 1. The fourth-order valence-corrected chi connectivity index (χ4v) is 5.06. The Balaban J connectivity index is 1.35. The van der Waals surface area contributed by atoms with Gasteiger partial charge in [0.25, 0.3) is 11.5 Å². The smallest absolute Gasteiger partial charge is 0.313 e. The van der Waals surface area contributed by atoms with E-state index in [1.165, 1.54) is 19.4 Å². The number of nitro groups is 1. The molecule has 0 spiro atoms. The SMILES string of the molecule is COc1cccc2oc(-c3nc4ccccc4c(=O)n3N=Cc3cc(Cl)c(OCC(=O)Nc4ccc(Cl)cc4)c([N+](=O)[O-])c3)cc12. The lowest BCUT2D eigenvalue weighted by molar-refractivity contribution is -0.385. The molecule has 1 N–H and O–H groups in total. The van der Waals surface area contributed by atoms with E-state index in [0.29, 0.717) is 38.3 Å². The second-order valence-corrected chi connectivity index (χ2v) is 10.6. The number of amides is 1. The average molecular weight is 658 g/mol. The molecule has 4 aromatic carbocycles. The van der Waals surface area contributed by atoms with Crippen LogP contribution in [0.25, 0.3) is 33.5 Å². The van der Waals surface area contributed by atoms with Crippen molar-refractivity contribution in [2.45, 2.75) is 0 Å². The van der Waals surface area contributed by atoms with Crippen molar-refractivity contribution in [2.24, 2.45) is 5.10 Å². The van der Waals surface area contributed by atoms with Crippen LogP contribution in [-0.2, 0) is 4.79 Å². The van der Waals surface area contributed by atoms with Crippen LogP contribution in [-0.4, -0.2) is 40.4 Å². The predicted octanol–water partition coefficient (Wildman–Crippen LogP) is 6.93. The Labute approximate surface area is 269 Å². The van der Waals surface area contributed by atoms with Crippen LogP contribution >= 0.6 is 23.2 Å². The second kappa shape index (κ2) is 12.7. The quantitative estimate of drug-likeness (QED) is 0.0998. The number of ether oxygens (including phenoxy) is 2. The molecule has 0 aliphatic rings. The topological polar surface area (TPSA) is 151 Å². The minimum Gasteiger partial charge on any atom is -0.496 e. The van der Waals surface area contributed by atoms with E-state index in [-0.39, 0.29) is 27.9 Å². The van der Waals surface area contributed by atoms with Crippen molar-refractivity contribution in [3.05, 3.63) is 121 Å². The number of para-hydroxylation sites is 1. The Morgan fingerprint density at radius 2 is 1.85 bits per heavy atom. The summed E-state index contributed by atoms with van der Waals surface area (Å²) < 4.78 is 18.0. The number of benzene rings is 4. The Hall–Kier alpha value is -5.72. The van der Waals surface area contributed by atoms with Crippen molar-refractivity contribution in [3.63, 3.8) is 0 Å². The molecule has 0 radical (unpaired) electrons. The van der Waals surface area contributed by atoms with Crippen LogP contribution in [0.1, 0.15) is 5.56 Å². The second-order valence-electron chi connectivity index (χ2n) is 9.75. The van der Waals surface area contributed by atoms with Gasteiger partial charge in [-0.3, -0.25) is 19.7 Å². The molecule has 0 saturated carbocycles. The van der Waals surface area contributed by atoms with Crippen LogP contribution in [0.4, 0.5) is 11.4 Å². The highest BCUT2D eigenvalue weighted by Gasteiger charge is 2.22. The summed E-state index contributed by atoms with van der Waals surface area (Å²) in [5.74, 6) is 0.0146. The number of furan rings is 1. The Kier molecular flexibility index (Phi) is 8.38. The minimum absolute atomic E-state index is 0.0884. The van der Waals surface area contributed by atoms with Gasteiger partial charge in [-0.25, -0.2) is 4.98 Å². The highest BCUT2D eigenvalue weighted by atomic mass is 35.5. The van der Waals surface area contributed by atoms with Gasteiger partial charge < -0.3 is 19.2 Å². The number of fused-ring (bicyclic) bond motifs is 2. The number of methoxy groups -OCH3 is 1. The molecule has 46 heavy (non-hydrogen) atoms. The van der Waals surface area contributed by atoms with E-state index >= 15 is 0 Å². The van der Waals surface area contributed by atoms with Crippen molar-refractivity contribution >= 4 is 68.6 Å². The highest BCUT2D eigenvalue weighted by molar-refractivity contribution is 6.32. The summed E-state index contributed by atoms with van der Waals surface area (Å²) in [4.78, 5) is 41.9. The molecule has 0 aliphatic heterocycles. The highest BCUT2D eigenvalue weighted by Crippen LogP contribution is 2.36. The summed E-state index contributed by atoms with van der Waals surface area (Å²) in [6.45, 7) is -0.555. The third-order valence-electron chi connectivity index (χ3n) is 6.76. The number of carbonyl (C=O) groups excluding carboxylic acids is 1. The summed E-state index contributed by atoms with van der Waals surface area (Å²) >= 11 is 12.2. The zero-order valence-electron chi connectivity index (χ0n) is 23.8. The minimum atomic E-state index is -0.702. The average Bonchev–Trinajstić information content (AvgIpc) is 3.49. The fourth-order valence-electron chi connectivity index (χ4n) is 4.66. The van der Waals surface area contributed by atoms with Crippen molar-refractivity contribution in [1.82, 2.24) is 9.66 Å². The molecule has 2 aromatic heterocycles. The van der Waals surface area contributed by atoms with Crippen LogP contribution in [0.5, 0.6) is 11.5 Å². The molecule has 2 heterocycles. The van der Waals surface area contributed by atoms with Crippen LogP contribution in [0.2, 0.25) is 10.0 Å². The first-order valence-corrected chi connectivity index (χ1v) is 14.3. The van der Waals surface area contributed by atoms with Crippen LogP contribution in [0.3, 0.4) is 0 Å². The molecule has 0 atom stereocenters. The Morgan fingerprint density at radius 1 is 1.07 bits per heavy atom.